The number of anilines is 1. The molecule has 0 saturated carbocycles. The van der Waals surface area contributed by atoms with Crippen molar-refractivity contribution in [3.8, 4) is 5.75 Å². The topological polar surface area (TPSA) is 70.2 Å². The average molecular weight is 432 g/mol. The summed E-state index contributed by atoms with van der Waals surface area (Å²) in [7, 11) is -2.09. The summed E-state index contributed by atoms with van der Waals surface area (Å²) in [5, 5.41) is 0. The first kappa shape index (κ1) is 22.1. The summed E-state index contributed by atoms with van der Waals surface area (Å²) in [6, 6.07) is 16.1. The lowest BCUT2D eigenvalue weighted by molar-refractivity contribution is -0.133. The molecule has 0 N–H and O–H groups in total. The fraction of sp³-hybridized carbons (Fsp3) is 0.409. The Morgan fingerprint density at radius 1 is 1.03 bits per heavy atom. The maximum absolute atomic E-state index is 13.1. The molecule has 0 aliphatic carbocycles. The number of hydrogen-bond acceptors (Lipinski definition) is 5. The molecule has 1 amide bonds. The van der Waals surface area contributed by atoms with E-state index in [9.17, 15) is 13.2 Å². The number of rotatable bonds is 7. The smallest absolute Gasteiger partial charge is 0.246 e. The number of hydrogen-bond donors (Lipinski definition) is 0. The SMILES string of the molecule is COc1ccc(N([C@H](C)C(=O)N2CCN(Cc3ccccc3)CC2)S(C)(=O)=O)cc1. The molecule has 1 aliphatic heterocycles. The molecular weight excluding hydrogens is 402 g/mol. The molecule has 3 rings (SSSR count). The number of ether oxygens (including phenoxy) is 1. The Kier molecular flexibility index (Phi) is 6.99. The summed E-state index contributed by atoms with van der Waals surface area (Å²) in [6.45, 7) is 5.17. The molecule has 7 nitrogen and oxygen atoms in total. The van der Waals surface area contributed by atoms with Crippen LogP contribution in [0.2, 0.25) is 0 Å². The van der Waals surface area contributed by atoms with Crippen molar-refractivity contribution in [2.75, 3.05) is 43.8 Å². The van der Waals surface area contributed by atoms with E-state index in [4.69, 9.17) is 4.74 Å². The van der Waals surface area contributed by atoms with Crippen molar-refractivity contribution >= 4 is 21.6 Å². The van der Waals surface area contributed by atoms with E-state index < -0.39 is 16.1 Å². The molecule has 1 saturated heterocycles. The van der Waals surface area contributed by atoms with Gasteiger partial charge in [0.2, 0.25) is 15.9 Å². The monoisotopic (exact) mass is 431 g/mol. The summed E-state index contributed by atoms with van der Waals surface area (Å²) < 4.78 is 31.3. The molecule has 1 heterocycles. The molecule has 162 valence electrons. The Bertz CT molecular complexity index is 940. The van der Waals surface area contributed by atoms with Crippen LogP contribution in [0.1, 0.15) is 12.5 Å². The van der Waals surface area contributed by atoms with Crippen molar-refractivity contribution in [3.05, 3.63) is 60.2 Å². The zero-order valence-electron chi connectivity index (χ0n) is 17.7. The molecule has 8 heteroatoms. The maximum Gasteiger partial charge on any atom is 0.246 e. The first-order chi connectivity index (χ1) is 14.3. The summed E-state index contributed by atoms with van der Waals surface area (Å²) in [5.41, 5.74) is 1.69. The van der Waals surface area contributed by atoms with Gasteiger partial charge >= 0.3 is 0 Å². The van der Waals surface area contributed by atoms with Gasteiger partial charge < -0.3 is 9.64 Å². The van der Waals surface area contributed by atoms with Crippen LogP contribution in [-0.2, 0) is 21.4 Å². The highest BCUT2D eigenvalue weighted by Gasteiger charge is 2.33. The van der Waals surface area contributed by atoms with Gasteiger partial charge in [-0.25, -0.2) is 8.42 Å². The van der Waals surface area contributed by atoms with Crippen LogP contribution in [0.25, 0.3) is 0 Å². The van der Waals surface area contributed by atoms with E-state index in [0.29, 0.717) is 24.5 Å². The van der Waals surface area contributed by atoms with Crippen LogP contribution in [0, 0.1) is 0 Å². The Labute approximate surface area is 178 Å². The van der Waals surface area contributed by atoms with E-state index in [0.717, 1.165) is 25.9 Å². The van der Waals surface area contributed by atoms with Crippen LogP contribution < -0.4 is 9.04 Å². The number of piperazine rings is 1. The van der Waals surface area contributed by atoms with E-state index in [1.807, 2.05) is 18.2 Å². The fourth-order valence-corrected chi connectivity index (χ4v) is 4.93. The molecule has 0 bridgehead atoms. The molecule has 2 aromatic rings. The molecular formula is C22H29N3O4S. The fourth-order valence-electron chi connectivity index (χ4n) is 3.76. The molecule has 0 spiro atoms. The Hall–Kier alpha value is -2.58. The highest BCUT2D eigenvalue weighted by molar-refractivity contribution is 7.92. The molecule has 2 aromatic carbocycles. The third kappa shape index (κ3) is 5.31. The van der Waals surface area contributed by atoms with E-state index in [1.54, 1.807) is 43.2 Å². The van der Waals surface area contributed by atoms with Crippen LogP contribution in [0.5, 0.6) is 5.75 Å². The first-order valence-electron chi connectivity index (χ1n) is 9.98. The van der Waals surface area contributed by atoms with Crippen molar-refractivity contribution in [2.45, 2.75) is 19.5 Å². The number of amides is 1. The summed E-state index contributed by atoms with van der Waals surface area (Å²) >= 11 is 0. The number of benzene rings is 2. The van der Waals surface area contributed by atoms with Crippen molar-refractivity contribution in [2.24, 2.45) is 0 Å². The van der Waals surface area contributed by atoms with Crippen molar-refractivity contribution in [3.63, 3.8) is 0 Å². The molecule has 0 unspecified atom stereocenters. The van der Waals surface area contributed by atoms with Gasteiger partial charge in [0, 0.05) is 32.7 Å². The number of nitrogens with zero attached hydrogens (tertiary/aromatic N) is 3. The number of carbonyl (C=O) groups is 1. The van der Waals surface area contributed by atoms with Gasteiger partial charge in [0.05, 0.1) is 19.1 Å². The number of sulfonamides is 1. The minimum absolute atomic E-state index is 0.185. The second-order valence-electron chi connectivity index (χ2n) is 7.52. The molecule has 0 radical (unpaired) electrons. The minimum atomic E-state index is -3.64. The highest BCUT2D eigenvalue weighted by Crippen LogP contribution is 2.24. The van der Waals surface area contributed by atoms with E-state index in [2.05, 4.69) is 17.0 Å². The molecule has 1 atom stereocenters. The second kappa shape index (κ2) is 9.49. The van der Waals surface area contributed by atoms with Crippen LogP contribution in [0.3, 0.4) is 0 Å². The quantitative estimate of drug-likeness (QED) is 0.672. The first-order valence-corrected chi connectivity index (χ1v) is 11.8. The van der Waals surface area contributed by atoms with Crippen molar-refractivity contribution < 1.29 is 17.9 Å². The van der Waals surface area contributed by atoms with Gasteiger partial charge in [0.1, 0.15) is 11.8 Å². The van der Waals surface area contributed by atoms with E-state index in [-0.39, 0.29) is 5.91 Å². The van der Waals surface area contributed by atoms with Crippen LogP contribution >= 0.6 is 0 Å². The minimum Gasteiger partial charge on any atom is -0.497 e. The standard InChI is InChI=1S/C22H29N3O4S/c1-18(25(30(3,27)28)20-9-11-21(29-2)12-10-20)22(26)24-15-13-23(14-16-24)17-19-7-5-4-6-8-19/h4-12,18H,13-17H2,1-3H3/t18-/m1/s1. The largest absolute Gasteiger partial charge is 0.497 e. The number of carbonyl (C=O) groups excluding carboxylic acids is 1. The zero-order chi connectivity index (χ0) is 21.7. The van der Waals surface area contributed by atoms with Gasteiger partial charge in [-0.05, 0) is 36.8 Å². The third-order valence-electron chi connectivity index (χ3n) is 5.33. The Balaban J connectivity index is 1.67. The van der Waals surface area contributed by atoms with Gasteiger partial charge in [-0.15, -0.1) is 0 Å². The van der Waals surface area contributed by atoms with Gasteiger partial charge in [-0.2, -0.15) is 0 Å². The van der Waals surface area contributed by atoms with Crippen LogP contribution in [0.4, 0.5) is 5.69 Å². The van der Waals surface area contributed by atoms with Gasteiger partial charge in [0.25, 0.3) is 0 Å². The highest BCUT2D eigenvalue weighted by atomic mass is 32.2. The predicted molar refractivity (Wildman–Crippen MR) is 118 cm³/mol. The Morgan fingerprint density at radius 3 is 2.17 bits per heavy atom. The van der Waals surface area contributed by atoms with E-state index in [1.165, 1.54) is 9.87 Å². The van der Waals surface area contributed by atoms with Gasteiger partial charge in [0.15, 0.2) is 0 Å². The maximum atomic E-state index is 13.1. The van der Waals surface area contributed by atoms with Crippen molar-refractivity contribution in [1.29, 1.82) is 0 Å². The zero-order valence-corrected chi connectivity index (χ0v) is 18.5. The normalized spacial score (nSPS) is 16.2. The lowest BCUT2D eigenvalue weighted by atomic mass is 10.2. The average Bonchev–Trinajstić information content (AvgIpc) is 2.74. The lowest BCUT2D eigenvalue weighted by Crippen LogP contribution is -2.55. The second-order valence-corrected chi connectivity index (χ2v) is 9.38. The molecule has 1 fully saturated rings. The summed E-state index contributed by atoms with van der Waals surface area (Å²) in [6.07, 6.45) is 1.12. The predicted octanol–water partition coefficient (Wildman–Crippen LogP) is 2.19. The van der Waals surface area contributed by atoms with Crippen LogP contribution in [-0.4, -0.2) is 69.7 Å². The lowest BCUT2D eigenvalue weighted by Gasteiger charge is -2.38. The summed E-state index contributed by atoms with van der Waals surface area (Å²) in [4.78, 5) is 17.2. The van der Waals surface area contributed by atoms with Gasteiger partial charge in [-0.3, -0.25) is 14.0 Å². The van der Waals surface area contributed by atoms with Crippen LogP contribution in [0.15, 0.2) is 54.6 Å². The summed E-state index contributed by atoms with van der Waals surface area (Å²) in [5.74, 6) is 0.441. The molecule has 30 heavy (non-hydrogen) atoms. The molecule has 1 aliphatic rings. The third-order valence-corrected chi connectivity index (χ3v) is 6.57. The molecule has 0 aromatic heterocycles. The number of methoxy groups -OCH3 is 1. The Morgan fingerprint density at radius 2 is 1.63 bits per heavy atom. The van der Waals surface area contributed by atoms with Gasteiger partial charge in [-0.1, -0.05) is 30.3 Å². The van der Waals surface area contributed by atoms with Crippen molar-refractivity contribution in [1.82, 2.24) is 9.80 Å². The van der Waals surface area contributed by atoms with E-state index >= 15 is 0 Å².